The van der Waals surface area contributed by atoms with Crippen LogP contribution < -0.4 is 0 Å². The standard InChI is InChI=1S/C18H12N2/c1-11-10-20-17-13(11)5-3-7-15(17)14-6-2-4-12-8-9-19-18(20)16(12)14/h2-10H,1H3. The number of fused-ring (bicyclic) bond motifs is 2. The molecule has 0 saturated heterocycles. The van der Waals surface area contributed by atoms with Crippen molar-refractivity contribution in [2.75, 3.05) is 0 Å². The molecule has 2 aromatic carbocycles. The van der Waals surface area contributed by atoms with Gasteiger partial charge in [0.15, 0.2) is 0 Å². The van der Waals surface area contributed by atoms with E-state index in [0.717, 1.165) is 5.65 Å². The van der Waals surface area contributed by atoms with E-state index in [-0.39, 0.29) is 0 Å². The van der Waals surface area contributed by atoms with Crippen molar-refractivity contribution < 1.29 is 0 Å². The average Bonchev–Trinajstić information content (AvgIpc) is 2.83. The van der Waals surface area contributed by atoms with Crippen molar-refractivity contribution in [3.05, 3.63) is 60.4 Å². The summed E-state index contributed by atoms with van der Waals surface area (Å²) >= 11 is 0. The maximum Gasteiger partial charge on any atom is 0.145 e. The van der Waals surface area contributed by atoms with E-state index in [9.17, 15) is 0 Å². The molecule has 0 N–H and O–H groups in total. The summed E-state index contributed by atoms with van der Waals surface area (Å²) in [5, 5.41) is 6.42. The van der Waals surface area contributed by atoms with Crippen LogP contribution in [0.25, 0.3) is 38.1 Å². The third kappa shape index (κ3) is 1.04. The molecule has 3 heterocycles. The number of nitrogens with zero attached hydrogens (tertiary/aromatic N) is 2. The second-order valence-electron chi connectivity index (χ2n) is 5.42. The van der Waals surface area contributed by atoms with Crippen LogP contribution in [-0.4, -0.2) is 9.38 Å². The number of pyridine rings is 2. The van der Waals surface area contributed by atoms with Crippen molar-refractivity contribution >= 4 is 38.1 Å². The third-order valence-electron chi connectivity index (χ3n) is 4.31. The Balaban J connectivity index is 2.32. The Morgan fingerprint density at radius 1 is 0.900 bits per heavy atom. The fraction of sp³-hybridized carbons (Fsp3) is 0.0556. The Bertz CT molecular complexity index is 1100. The molecule has 0 atom stereocenters. The Hall–Kier alpha value is -2.61. The quantitative estimate of drug-likeness (QED) is 0.294. The summed E-state index contributed by atoms with van der Waals surface area (Å²) in [6, 6.07) is 15.1. The summed E-state index contributed by atoms with van der Waals surface area (Å²) in [5.74, 6) is 0. The highest BCUT2D eigenvalue weighted by Crippen LogP contribution is 2.35. The lowest BCUT2D eigenvalue weighted by Gasteiger charge is -2.10. The van der Waals surface area contributed by atoms with Crippen LogP contribution >= 0.6 is 0 Å². The van der Waals surface area contributed by atoms with Crippen LogP contribution in [-0.2, 0) is 0 Å². The van der Waals surface area contributed by atoms with Crippen LogP contribution in [0.3, 0.4) is 0 Å². The molecule has 0 saturated carbocycles. The zero-order chi connectivity index (χ0) is 13.3. The second kappa shape index (κ2) is 3.28. The van der Waals surface area contributed by atoms with Crippen molar-refractivity contribution in [2.45, 2.75) is 6.92 Å². The Kier molecular flexibility index (Phi) is 1.68. The van der Waals surface area contributed by atoms with Gasteiger partial charge >= 0.3 is 0 Å². The van der Waals surface area contributed by atoms with Crippen LogP contribution in [0.4, 0.5) is 0 Å². The van der Waals surface area contributed by atoms with E-state index in [2.05, 4.69) is 65.0 Å². The number of hydrogen-bond donors (Lipinski definition) is 0. The number of aromatic nitrogens is 2. The van der Waals surface area contributed by atoms with E-state index in [1.165, 1.54) is 38.0 Å². The minimum absolute atomic E-state index is 1.05. The van der Waals surface area contributed by atoms with Crippen LogP contribution in [0.2, 0.25) is 0 Å². The second-order valence-corrected chi connectivity index (χ2v) is 5.42. The number of para-hydroxylation sites is 1. The van der Waals surface area contributed by atoms with Gasteiger partial charge in [-0.1, -0.05) is 36.4 Å². The molecule has 0 aliphatic heterocycles. The van der Waals surface area contributed by atoms with E-state index < -0.39 is 0 Å². The highest BCUT2D eigenvalue weighted by atomic mass is 15.0. The zero-order valence-corrected chi connectivity index (χ0v) is 11.1. The summed E-state index contributed by atoms with van der Waals surface area (Å²) in [6.45, 7) is 2.17. The van der Waals surface area contributed by atoms with E-state index in [1.807, 2.05) is 6.20 Å². The van der Waals surface area contributed by atoms with Gasteiger partial charge in [0.05, 0.1) is 5.52 Å². The molecule has 0 radical (unpaired) electrons. The van der Waals surface area contributed by atoms with Gasteiger partial charge in [0.1, 0.15) is 5.65 Å². The van der Waals surface area contributed by atoms with Gasteiger partial charge < -0.3 is 0 Å². The van der Waals surface area contributed by atoms with Crippen LogP contribution in [0, 0.1) is 6.92 Å². The van der Waals surface area contributed by atoms with Gasteiger partial charge in [-0.3, -0.25) is 4.40 Å². The fourth-order valence-corrected chi connectivity index (χ4v) is 3.45. The van der Waals surface area contributed by atoms with Gasteiger partial charge in [-0.05, 0) is 29.3 Å². The molecule has 2 heteroatoms. The summed E-state index contributed by atoms with van der Waals surface area (Å²) in [4.78, 5) is 4.64. The van der Waals surface area contributed by atoms with Crippen molar-refractivity contribution in [3.8, 4) is 0 Å². The highest BCUT2D eigenvalue weighted by Gasteiger charge is 2.14. The maximum absolute atomic E-state index is 4.64. The van der Waals surface area contributed by atoms with Gasteiger partial charge in [-0.25, -0.2) is 4.98 Å². The SMILES string of the molecule is Cc1cn2c3nccc4cccc(c5cccc1c52)c43. The van der Waals surface area contributed by atoms with E-state index >= 15 is 0 Å². The summed E-state index contributed by atoms with van der Waals surface area (Å²) < 4.78 is 2.25. The normalized spacial score (nSPS) is 12.2. The first-order chi connectivity index (χ1) is 9.84. The molecule has 0 fully saturated rings. The number of hydrogen-bond acceptors (Lipinski definition) is 1. The predicted octanol–water partition coefficient (Wildman–Crippen LogP) is 4.54. The van der Waals surface area contributed by atoms with Gasteiger partial charge in [-0.2, -0.15) is 0 Å². The largest absolute Gasteiger partial charge is 0.300 e. The maximum atomic E-state index is 4.64. The summed E-state index contributed by atoms with van der Waals surface area (Å²) in [6.07, 6.45) is 4.10. The van der Waals surface area contributed by atoms with Crippen LogP contribution in [0.1, 0.15) is 5.56 Å². The number of rotatable bonds is 0. The molecular weight excluding hydrogens is 244 g/mol. The van der Waals surface area contributed by atoms with Crippen LogP contribution in [0.15, 0.2) is 54.9 Å². The molecular formula is C18H12N2. The topological polar surface area (TPSA) is 17.3 Å². The minimum atomic E-state index is 1.05. The minimum Gasteiger partial charge on any atom is -0.300 e. The first-order valence-corrected chi connectivity index (χ1v) is 6.84. The molecule has 0 amide bonds. The molecule has 3 aromatic heterocycles. The molecule has 20 heavy (non-hydrogen) atoms. The number of aryl methyl sites for hydroxylation is 1. The zero-order valence-electron chi connectivity index (χ0n) is 11.1. The molecule has 0 aliphatic rings. The molecule has 2 nitrogen and oxygen atoms in total. The van der Waals surface area contributed by atoms with Crippen molar-refractivity contribution in [3.63, 3.8) is 0 Å². The Labute approximate surface area is 115 Å². The molecule has 0 unspecified atom stereocenters. The Morgan fingerprint density at radius 2 is 1.70 bits per heavy atom. The number of benzene rings is 2. The monoisotopic (exact) mass is 256 g/mol. The average molecular weight is 256 g/mol. The predicted molar refractivity (Wildman–Crippen MR) is 83.6 cm³/mol. The summed E-state index contributed by atoms with van der Waals surface area (Å²) in [5.41, 5.74) is 3.63. The van der Waals surface area contributed by atoms with E-state index in [4.69, 9.17) is 0 Å². The van der Waals surface area contributed by atoms with Crippen molar-refractivity contribution in [1.82, 2.24) is 9.38 Å². The van der Waals surface area contributed by atoms with E-state index in [1.54, 1.807) is 0 Å². The Morgan fingerprint density at radius 3 is 2.65 bits per heavy atom. The molecule has 94 valence electrons. The lowest BCUT2D eigenvalue weighted by Crippen LogP contribution is -1.93. The molecule has 5 aromatic rings. The van der Waals surface area contributed by atoms with Crippen LogP contribution in [0.5, 0.6) is 0 Å². The van der Waals surface area contributed by atoms with Gasteiger partial charge in [0, 0.05) is 28.6 Å². The molecule has 0 bridgehead atoms. The fourth-order valence-electron chi connectivity index (χ4n) is 3.45. The lowest BCUT2D eigenvalue weighted by atomic mass is 10.0. The first kappa shape index (κ1) is 10.2. The lowest BCUT2D eigenvalue weighted by molar-refractivity contribution is 1.20. The molecule has 0 spiro atoms. The highest BCUT2D eigenvalue weighted by molar-refractivity contribution is 6.21. The third-order valence-corrected chi connectivity index (χ3v) is 4.31. The first-order valence-electron chi connectivity index (χ1n) is 6.84. The van der Waals surface area contributed by atoms with Gasteiger partial charge in [0.2, 0.25) is 0 Å². The molecule has 0 aliphatic carbocycles. The van der Waals surface area contributed by atoms with E-state index in [0.29, 0.717) is 0 Å². The summed E-state index contributed by atoms with van der Waals surface area (Å²) in [7, 11) is 0. The smallest absolute Gasteiger partial charge is 0.145 e. The van der Waals surface area contributed by atoms with Gasteiger partial charge in [-0.15, -0.1) is 0 Å². The van der Waals surface area contributed by atoms with Crippen molar-refractivity contribution in [2.24, 2.45) is 0 Å². The van der Waals surface area contributed by atoms with Gasteiger partial charge in [0.25, 0.3) is 0 Å². The molecule has 5 rings (SSSR count). The van der Waals surface area contributed by atoms with Crippen molar-refractivity contribution in [1.29, 1.82) is 0 Å².